The predicted octanol–water partition coefficient (Wildman–Crippen LogP) is 1.68. The van der Waals surface area contributed by atoms with E-state index in [0.717, 1.165) is 25.7 Å². The molecular formula is C17H20N4O4. The Kier molecular flexibility index (Phi) is 4.80. The SMILES string of the molecule is NCC1CCCCC1NC(=O)c1cc(=O)[nH]c2ccc([N+](=O)[O-])cc12. The average molecular weight is 344 g/mol. The third-order valence-electron chi connectivity index (χ3n) is 4.81. The summed E-state index contributed by atoms with van der Waals surface area (Å²) in [5.74, 6) is -0.192. The van der Waals surface area contributed by atoms with Crippen LogP contribution in [0.2, 0.25) is 0 Å². The summed E-state index contributed by atoms with van der Waals surface area (Å²) in [5, 5.41) is 14.3. The van der Waals surface area contributed by atoms with E-state index in [1.807, 2.05) is 0 Å². The predicted molar refractivity (Wildman–Crippen MR) is 93.5 cm³/mol. The van der Waals surface area contributed by atoms with Gasteiger partial charge in [0.15, 0.2) is 0 Å². The van der Waals surface area contributed by atoms with Crippen molar-refractivity contribution in [3.8, 4) is 0 Å². The summed E-state index contributed by atoms with van der Waals surface area (Å²) < 4.78 is 0. The fraction of sp³-hybridized carbons (Fsp3) is 0.412. The summed E-state index contributed by atoms with van der Waals surface area (Å²) in [5.41, 5.74) is 5.77. The average Bonchev–Trinajstić information content (AvgIpc) is 2.60. The number of amides is 1. The van der Waals surface area contributed by atoms with Crippen molar-refractivity contribution >= 4 is 22.5 Å². The Morgan fingerprint density at radius 3 is 2.80 bits per heavy atom. The highest BCUT2D eigenvalue weighted by Crippen LogP contribution is 2.25. The number of H-pyrrole nitrogens is 1. The minimum absolute atomic E-state index is 0.0423. The summed E-state index contributed by atoms with van der Waals surface area (Å²) in [6, 6.07) is 5.18. The number of rotatable bonds is 4. The van der Waals surface area contributed by atoms with E-state index in [1.165, 1.54) is 24.3 Å². The van der Waals surface area contributed by atoms with Crippen molar-refractivity contribution in [1.82, 2.24) is 10.3 Å². The van der Waals surface area contributed by atoms with E-state index in [9.17, 15) is 19.7 Å². The number of aromatic amines is 1. The molecule has 1 aromatic carbocycles. The largest absolute Gasteiger partial charge is 0.349 e. The number of nitrogens with zero attached hydrogens (tertiary/aromatic N) is 1. The molecule has 0 saturated heterocycles. The number of hydrogen-bond acceptors (Lipinski definition) is 5. The van der Waals surface area contributed by atoms with E-state index in [2.05, 4.69) is 10.3 Å². The van der Waals surface area contributed by atoms with Crippen LogP contribution in [0.1, 0.15) is 36.0 Å². The third kappa shape index (κ3) is 3.53. The molecule has 0 aliphatic heterocycles. The van der Waals surface area contributed by atoms with Gasteiger partial charge in [-0.3, -0.25) is 19.7 Å². The molecule has 2 atom stereocenters. The first-order valence-corrected chi connectivity index (χ1v) is 8.32. The van der Waals surface area contributed by atoms with Crippen molar-refractivity contribution in [3.63, 3.8) is 0 Å². The van der Waals surface area contributed by atoms with Gasteiger partial charge < -0.3 is 16.0 Å². The van der Waals surface area contributed by atoms with Gasteiger partial charge in [0, 0.05) is 35.1 Å². The Morgan fingerprint density at radius 2 is 2.08 bits per heavy atom. The van der Waals surface area contributed by atoms with Gasteiger partial charge in [-0.15, -0.1) is 0 Å². The molecule has 8 heteroatoms. The number of fused-ring (bicyclic) bond motifs is 1. The molecule has 2 aromatic rings. The number of hydrogen-bond donors (Lipinski definition) is 3. The number of pyridine rings is 1. The lowest BCUT2D eigenvalue weighted by atomic mass is 9.84. The molecular weight excluding hydrogens is 324 g/mol. The molecule has 1 aliphatic carbocycles. The summed E-state index contributed by atoms with van der Waals surface area (Å²) >= 11 is 0. The molecule has 1 aromatic heterocycles. The van der Waals surface area contributed by atoms with E-state index >= 15 is 0 Å². The zero-order valence-electron chi connectivity index (χ0n) is 13.7. The minimum Gasteiger partial charge on any atom is -0.349 e. The molecule has 25 heavy (non-hydrogen) atoms. The first-order valence-electron chi connectivity index (χ1n) is 8.32. The number of carbonyl (C=O) groups is 1. The summed E-state index contributed by atoms with van der Waals surface area (Å²) in [7, 11) is 0. The summed E-state index contributed by atoms with van der Waals surface area (Å²) in [4.78, 5) is 37.7. The van der Waals surface area contributed by atoms with Gasteiger partial charge in [-0.1, -0.05) is 12.8 Å². The van der Waals surface area contributed by atoms with Crippen LogP contribution in [0, 0.1) is 16.0 Å². The first kappa shape index (κ1) is 17.1. The minimum atomic E-state index is -0.530. The second-order valence-electron chi connectivity index (χ2n) is 6.39. The normalized spacial score (nSPS) is 20.4. The van der Waals surface area contributed by atoms with Crippen molar-refractivity contribution < 1.29 is 9.72 Å². The van der Waals surface area contributed by atoms with Gasteiger partial charge in [0.05, 0.1) is 10.5 Å². The van der Waals surface area contributed by atoms with Crippen molar-refractivity contribution in [2.45, 2.75) is 31.7 Å². The zero-order chi connectivity index (χ0) is 18.0. The molecule has 1 saturated carbocycles. The lowest BCUT2D eigenvalue weighted by molar-refractivity contribution is -0.384. The van der Waals surface area contributed by atoms with Crippen molar-refractivity contribution in [3.05, 3.63) is 50.3 Å². The van der Waals surface area contributed by atoms with Crippen LogP contribution in [0.25, 0.3) is 10.9 Å². The number of benzene rings is 1. The zero-order valence-corrected chi connectivity index (χ0v) is 13.7. The molecule has 2 unspecified atom stereocenters. The van der Waals surface area contributed by atoms with Crippen LogP contribution >= 0.6 is 0 Å². The van der Waals surface area contributed by atoms with Crippen LogP contribution in [0.15, 0.2) is 29.1 Å². The lowest BCUT2D eigenvalue weighted by Crippen LogP contribution is -2.44. The maximum absolute atomic E-state index is 12.7. The maximum atomic E-state index is 12.7. The molecule has 3 rings (SSSR count). The molecule has 1 aliphatic rings. The fourth-order valence-corrected chi connectivity index (χ4v) is 3.47. The standard InChI is InChI=1S/C17H20N4O4/c18-9-10-3-1-2-4-14(10)20-17(23)13-8-16(22)19-15-6-5-11(21(24)25)7-12(13)15/h5-8,10,14H,1-4,9,18H2,(H,19,22)(H,20,23). The van der Waals surface area contributed by atoms with Crippen molar-refractivity contribution in [2.24, 2.45) is 11.7 Å². The molecule has 1 heterocycles. The van der Waals surface area contributed by atoms with E-state index in [0.29, 0.717) is 17.4 Å². The Balaban J connectivity index is 1.98. The fourth-order valence-electron chi connectivity index (χ4n) is 3.47. The van der Waals surface area contributed by atoms with Gasteiger partial charge >= 0.3 is 0 Å². The van der Waals surface area contributed by atoms with Crippen LogP contribution in [-0.4, -0.2) is 28.4 Å². The second-order valence-corrected chi connectivity index (χ2v) is 6.39. The molecule has 0 spiro atoms. The van der Waals surface area contributed by atoms with Crippen LogP contribution < -0.4 is 16.6 Å². The Morgan fingerprint density at radius 1 is 1.32 bits per heavy atom. The monoisotopic (exact) mass is 344 g/mol. The molecule has 1 fully saturated rings. The van der Waals surface area contributed by atoms with Crippen molar-refractivity contribution in [1.29, 1.82) is 0 Å². The molecule has 0 radical (unpaired) electrons. The third-order valence-corrected chi connectivity index (χ3v) is 4.81. The second kappa shape index (κ2) is 7.02. The van der Waals surface area contributed by atoms with Gasteiger partial charge in [0.1, 0.15) is 0 Å². The van der Waals surface area contributed by atoms with E-state index in [4.69, 9.17) is 5.73 Å². The quantitative estimate of drug-likeness (QED) is 0.573. The van der Waals surface area contributed by atoms with Crippen LogP contribution in [0.5, 0.6) is 0 Å². The van der Waals surface area contributed by atoms with Gasteiger partial charge in [0.25, 0.3) is 11.6 Å². The highest BCUT2D eigenvalue weighted by molar-refractivity contribution is 6.06. The maximum Gasteiger partial charge on any atom is 0.270 e. The molecule has 8 nitrogen and oxygen atoms in total. The smallest absolute Gasteiger partial charge is 0.270 e. The van der Waals surface area contributed by atoms with Crippen LogP contribution in [-0.2, 0) is 0 Å². The number of nitro groups is 1. The number of nitrogens with two attached hydrogens (primary N) is 1. The van der Waals surface area contributed by atoms with E-state index in [-0.39, 0.29) is 23.2 Å². The van der Waals surface area contributed by atoms with Gasteiger partial charge in [-0.25, -0.2) is 0 Å². The Bertz CT molecular complexity index is 877. The van der Waals surface area contributed by atoms with Gasteiger partial charge in [-0.2, -0.15) is 0 Å². The number of nitrogens with one attached hydrogen (secondary N) is 2. The first-order chi connectivity index (χ1) is 12.0. The van der Waals surface area contributed by atoms with Gasteiger partial charge in [-0.05, 0) is 31.4 Å². The summed E-state index contributed by atoms with van der Waals surface area (Å²) in [6.07, 6.45) is 3.91. The number of carbonyl (C=O) groups excluding carboxylic acids is 1. The topological polar surface area (TPSA) is 131 Å². The lowest BCUT2D eigenvalue weighted by Gasteiger charge is -2.31. The number of aromatic nitrogens is 1. The molecule has 0 bridgehead atoms. The van der Waals surface area contributed by atoms with Crippen LogP contribution in [0.3, 0.4) is 0 Å². The number of non-ortho nitro benzene ring substituents is 1. The molecule has 1 amide bonds. The van der Waals surface area contributed by atoms with Gasteiger partial charge in [0.2, 0.25) is 5.56 Å². The van der Waals surface area contributed by atoms with E-state index < -0.39 is 16.4 Å². The Hall–Kier alpha value is -2.74. The number of nitro benzene ring substituents is 1. The van der Waals surface area contributed by atoms with Crippen molar-refractivity contribution in [2.75, 3.05) is 6.54 Å². The van der Waals surface area contributed by atoms with E-state index in [1.54, 1.807) is 0 Å². The molecule has 4 N–H and O–H groups in total. The Labute approximate surface area is 143 Å². The highest BCUT2D eigenvalue weighted by Gasteiger charge is 2.26. The molecule has 132 valence electrons. The highest BCUT2D eigenvalue weighted by atomic mass is 16.6. The summed E-state index contributed by atoms with van der Waals surface area (Å²) in [6.45, 7) is 0.493. The van der Waals surface area contributed by atoms with Crippen LogP contribution in [0.4, 0.5) is 5.69 Å².